The van der Waals surface area contributed by atoms with Crippen LogP contribution in [0.15, 0.2) is 24.3 Å². The Balaban J connectivity index is 2.18. The Morgan fingerprint density at radius 1 is 1.33 bits per heavy atom. The number of carbonyl (C=O) groups excluding carboxylic acids is 1. The van der Waals surface area contributed by atoms with Crippen molar-refractivity contribution in [2.75, 3.05) is 6.61 Å². The number of carbonyl (C=O) groups is 1. The normalized spacial score (nSPS) is 25.9. The largest absolute Gasteiger partial charge is 0.465 e. The van der Waals surface area contributed by atoms with Gasteiger partial charge >= 0.3 is 12.1 Å². The monoisotopic (exact) mass is 302 g/mol. The molecule has 2 rings (SSSR count). The highest BCUT2D eigenvalue weighted by Gasteiger charge is 2.39. The molecule has 0 spiro atoms. The summed E-state index contributed by atoms with van der Waals surface area (Å²) in [5.74, 6) is -0.639. The third-order valence-electron chi connectivity index (χ3n) is 3.56. The molecule has 1 aliphatic rings. The highest BCUT2D eigenvalue weighted by atomic mass is 19.4. The van der Waals surface area contributed by atoms with Crippen LogP contribution in [0.5, 0.6) is 0 Å². The van der Waals surface area contributed by atoms with E-state index in [4.69, 9.17) is 4.74 Å². The van der Waals surface area contributed by atoms with Crippen molar-refractivity contribution < 1.29 is 22.7 Å². The van der Waals surface area contributed by atoms with Gasteiger partial charge in [0.2, 0.25) is 0 Å². The lowest BCUT2D eigenvalue weighted by Gasteiger charge is -2.18. The average molecular weight is 302 g/mol. The summed E-state index contributed by atoms with van der Waals surface area (Å²) < 4.78 is 43.2. The van der Waals surface area contributed by atoms with E-state index in [0.717, 1.165) is 12.1 Å². The Morgan fingerprint density at radius 3 is 2.67 bits per heavy atom. The second-order valence-electron chi connectivity index (χ2n) is 4.98. The maximum atomic E-state index is 12.7. The van der Waals surface area contributed by atoms with Crippen LogP contribution < -0.4 is 10.9 Å². The van der Waals surface area contributed by atoms with Gasteiger partial charge in [-0.25, -0.2) is 10.9 Å². The number of ether oxygens (including phenoxy) is 1. The van der Waals surface area contributed by atoms with E-state index in [1.165, 1.54) is 6.07 Å². The number of hydrogen-bond donors (Lipinski definition) is 2. The smallest absolute Gasteiger partial charge is 0.416 e. The molecule has 0 saturated carbocycles. The van der Waals surface area contributed by atoms with Gasteiger partial charge in [-0.3, -0.25) is 4.79 Å². The first kappa shape index (κ1) is 15.8. The van der Waals surface area contributed by atoms with E-state index < -0.39 is 23.8 Å². The van der Waals surface area contributed by atoms with Gasteiger partial charge in [0.25, 0.3) is 0 Å². The van der Waals surface area contributed by atoms with E-state index >= 15 is 0 Å². The molecule has 0 radical (unpaired) electrons. The minimum absolute atomic E-state index is 0.229. The van der Waals surface area contributed by atoms with E-state index in [9.17, 15) is 18.0 Å². The van der Waals surface area contributed by atoms with Gasteiger partial charge < -0.3 is 4.74 Å². The molecular weight excluding hydrogens is 285 g/mol. The van der Waals surface area contributed by atoms with E-state index in [0.29, 0.717) is 5.56 Å². The van der Waals surface area contributed by atoms with Crippen molar-refractivity contribution in [3.05, 3.63) is 35.4 Å². The lowest BCUT2D eigenvalue weighted by molar-refractivity contribution is -0.146. The van der Waals surface area contributed by atoms with Crippen molar-refractivity contribution >= 4 is 5.97 Å². The average Bonchev–Trinajstić information content (AvgIpc) is 2.80. The SMILES string of the molecule is CCOC(=O)C1NNC(c2cccc(C(F)(F)F)c2)C1C. The molecule has 0 bridgehead atoms. The molecule has 1 aromatic rings. The van der Waals surface area contributed by atoms with E-state index in [2.05, 4.69) is 10.9 Å². The first-order valence-electron chi connectivity index (χ1n) is 6.69. The van der Waals surface area contributed by atoms with Crippen molar-refractivity contribution in [2.45, 2.75) is 32.1 Å². The molecule has 1 saturated heterocycles. The second-order valence-corrected chi connectivity index (χ2v) is 4.98. The lowest BCUT2D eigenvalue weighted by atomic mass is 9.90. The molecule has 1 aliphatic heterocycles. The Morgan fingerprint density at radius 2 is 2.05 bits per heavy atom. The first-order valence-corrected chi connectivity index (χ1v) is 6.69. The number of halogens is 3. The predicted octanol–water partition coefficient (Wildman–Crippen LogP) is 2.42. The molecule has 0 aliphatic carbocycles. The number of hydrazine groups is 1. The van der Waals surface area contributed by atoms with Crippen molar-refractivity contribution in [1.29, 1.82) is 0 Å². The number of rotatable bonds is 3. The summed E-state index contributed by atoms with van der Waals surface area (Å²) >= 11 is 0. The zero-order chi connectivity index (χ0) is 15.6. The number of benzene rings is 1. The summed E-state index contributed by atoms with van der Waals surface area (Å²) in [6, 6.07) is 4.14. The van der Waals surface area contributed by atoms with E-state index in [1.807, 2.05) is 0 Å². The third-order valence-corrected chi connectivity index (χ3v) is 3.56. The van der Waals surface area contributed by atoms with Crippen LogP contribution in [-0.4, -0.2) is 18.6 Å². The molecule has 0 amide bonds. The molecule has 2 N–H and O–H groups in total. The summed E-state index contributed by atoms with van der Waals surface area (Å²) in [5, 5.41) is 0. The van der Waals surface area contributed by atoms with E-state index in [-0.39, 0.29) is 18.6 Å². The highest BCUT2D eigenvalue weighted by molar-refractivity contribution is 5.76. The van der Waals surface area contributed by atoms with Crippen molar-refractivity contribution in [3.63, 3.8) is 0 Å². The molecule has 21 heavy (non-hydrogen) atoms. The third kappa shape index (κ3) is 3.36. The summed E-state index contributed by atoms with van der Waals surface area (Å²) in [6.07, 6.45) is -4.38. The first-order chi connectivity index (χ1) is 9.84. The van der Waals surface area contributed by atoms with Crippen molar-refractivity contribution in [2.24, 2.45) is 5.92 Å². The number of hydrogen-bond acceptors (Lipinski definition) is 4. The Hall–Kier alpha value is -1.60. The second kappa shape index (κ2) is 6.03. The lowest BCUT2D eigenvalue weighted by Crippen LogP contribution is -2.39. The van der Waals surface area contributed by atoms with Gasteiger partial charge in [-0.15, -0.1) is 0 Å². The van der Waals surface area contributed by atoms with Gasteiger partial charge in [0, 0.05) is 5.92 Å². The fraction of sp³-hybridized carbons (Fsp3) is 0.500. The fourth-order valence-electron chi connectivity index (χ4n) is 2.44. The summed E-state index contributed by atoms with van der Waals surface area (Å²) in [6.45, 7) is 3.76. The van der Waals surface area contributed by atoms with Gasteiger partial charge in [0.15, 0.2) is 0 Å². The van der Waals surface area contributed by atoms with Crippen molar-refractivity contribution in [1.82, 2.24) is 10.9 Å². The van der Waals surface area contributed by atoms with Gasteiger partial charge in [0.05, 0.1) is 18.2 Å². The van der Waals surface area contributed by atoms with Gasteiger partial charge in [-0.2, -0.15) is 13.2 Å². The minimum atomic E-state index is -4.38. The summed E-state index contributed by atoms with van der Waals surface area (Å²) in [4.78, 5) is 11.8. The van der Waals surface area contributed by atoms with Gasteiger partial charge in [-0.1, -0.05) is 19.1 Å². The standard InChI is InChI=1S/C14H17F3N2O2/c1-3-21-13(20)12-8(2)11(18-19-12)9-5-4-6-10(7-9)14(15,16)17/h4-8,11-12,18-19H,3H2,1-2H3. The van der Waals surface area contributed by atoms with Crippen LogP contribution in [0.4, 0.5) is 13.2 Å². The zero-order valence-corrected chi connectivity index (χ0v) is 11.7. The number of alkyl halides is 3. The van der Waals surface area contributed by atoms with E-state index in [1.54, 1.807) is 19.9 Å². The Bertz CT molecular complexity index is 519. The van der Waals surface area contributed by atoms with Crippen LogP contribution in [-0.2, 0) is 15.7 Å². The number of nitrogens with one attached hydrogen (secondary N) is 2. The van der Waals surface area contributed by atoms with Gasteiger partial charge in [0.1, 0.15) is 6.04 Å². The summed E-state index contributed by atoms with van der Waals surface area (Å²) in [5.41, 5.74) is 5.45. The number of esters is 1. The quantitative estimate of drug-likeness (QED) is 0.842. The maximum Gasteiger partial charge on any atom is 0.416 e. The van der Waals surface area contributed by atoms with Crippen LogP contribution in [0.1, 0.15) is 31.0 Å². The minimum Gasteiger partial charge on any atom is -0.465 e. The topological polar surface area (TPSA) is 50.4 Å². The molecule has 7 heteroatoms. The molecular formula is C14H17F3N2O2. The molecule has 1 fully saturated rings. The molecule has 3 unspecified atom stereocenters. The molecule has 1 aromatic carbocycles. The molecule has 3 atom stereocenters. The summed E-state index contributed by atoms with van der Waals surface area (Å²) in [7, 11) is 0. The fourth-order valence-corrected chi connectivity index (χ4v) is 2.44. The Kier molecular flexibility index (Phi) is 4.53. The highest BCUT2D eigenvalue weighted by Crippen LogP contribution is 2.34. The van der Waals surface area contributed by atoms with Gasteiger partial charge in [-0.05, 0) is 24.6 Å². The molecule has 116 valence electrons. The molecule has 0 aromatic heterocycles. The predicted molar refractivity (Wildman–Crippen MR) is 70.0 cm³/mol. The maximum absolute atomic E-state index is 12.7. The van der Waals surface area contributed by atoms with Crippen LogP contribution in [0, 0.1) is 5.92 Å². The van der Waals surface area contributed by atoms with Crippen LogP contribution >= 0.6 is 0 Å². The van der Waals surface area contributed by atoms with Crippen molar-refractivity contribution in [3.8, 4) is 0 Å². The van der Waals surface area contributed by atoms with Crippen LogP contribution in [0.2, 0.25) is 0 Å². The molecule has 1 heterocycles. The molecule has 4 nitrogen and oxygen atoms in total. The van der Waals surface area contributed by atoms with Crippen LogP contribution in [0.3, 0.4) is 0 Å². The van der Waals surface area contributed by atoms with Crippen LogP contribution in [0.25, 0.3) is 0 Å². The Labute approximate surface area is 120 Å². The zero-order valence-electron chi connectivity index (χ0n) is 11.7.